The minimum Gasteiger partial charge on any atom is -0.496 e. The van der Waals surface area contributed by atoms with Crippen molar-refractivity contribution in [2.75, 3.05) is 7.11 Å². The van der Waals surface area contributed by atoms with Gasteiger partial charge in [-0.3, -0.25) is 4.79 Å². The average molecular weight is 252 g/mol. The van der Waals surface area contributed by atoms with E-state index in [1.54, 1.807) is 19.2 Å². The van der Waals surface area contributed by atoms with Gasteiger partial charge in [-0.05, 0) is 30.3 Å². The predicted octanol–water partition coefficient (Wildman–Crippen LogP) is 3.92. The minimum absolute atomic E-state index is 0.514. The molecule has 94 valence electrons. The average Bonchev–Trinajstić information content (AvgIpc) is 2.90. The van der Waals surface area contributed by atoms with E-state index in [2.05, 4.69) is 0 Å². The van der Waals surface area contributed by atoms with E-state index in [-0.39, 0.29) is 0 Å². The second-order valence-electron chi connectivity index (χ2n) is 4.22. The molecule has 3 aromatic rings. The van der Waals surface area contributed by atoms with Gasteiger partial charge in [0.2, 0.25) is 0 Å². The smallest absolute Gasteiger partial charge is 0.153 e. The molecule has 0 N–H and O–H groups in total. The van der Waals surface area contributed by atoms with Crippen LogP contribution in [0.15, 0.2) is 52.9 Å². The van der Waals surface area contributed by atoms with Gasteiger partial charge in [0.25, 0.3) is 0 Å². The Bertz CT molecular complexity index is 708. The van der Waals surface area contributed by atoms with Crippen LogP contribution in [-0.4, -0.2) is 13.4 Å². The number of furan rings is 1. The van der Waals surface area contributed by atoms with Crippen LogP contribution in [0.2, 0.25) is 0 Å². The SMILES string of the molecule is COc1ccc(-c2cc3ccccc3o2)cc1C=O. The van der Waals surface area contributed by atoms with Crippen molar-refractivity contribution in [2.24, 2.45) is 0 Å². The quantitative estimate of drug-likeness (QED) is 0.663. The standard InChI is InChI=1S/C16H12O3/c1-18-14-7-6-12(8-13(14)10-17)16-9-11-4-2-3-5-15(11)19-16/h2-10H,1H3. The van der Waals surface area contributed by atoms with Crippen molar-refractivity contribution >= 4 is 17.3 Å². The van der Waals surface area contributed by atoms with Crippen molar-refractivity contribution in [3.8, 4) is 17.1 Å². The molecule has 1 heterocycles. The van der Waals surface area contributed by atoms with Crippen molar-refractivity contribution in [2.45, 2.75) is 0 Å². The van der Waals surface area contributed by atoms with E-state index in [0.717, 1.165) is 28.6 Å². The van der Waals surface area contributed by atoms with Crippen molar-refractivity contribution in [3.05, 3.63) is 54.1 Å². The summed E-state index contributed by atoms with van der Waals surface area (Å²) in [5.41, 5.74) is 2.21. The van der Waals surface area contributed by atoms with Gasteiger partial charge in [-0.2, -0.15) is 0 Å². The molecule has 0 spiro atoms. The van der Waals surface area contributed by atoms with E-state index >= 15 is 0 Å². The molecular weight excluding hydrogens is 240 g/mol. The van der Waals surface area contributed by atoms with Crippen LogP contribution in [0.1, 0.15) is 10.4 Å². The van der Waals surface area contributed by atoms with Crippen molar-refractivity contribution < 1.29 is 13.9 Å². The normalized spacial score (nSPS) is 10.6. The second kappa shape index (κ2) is 4.61. The van der Waals surface area contributed by atoms with E-state index in [1.807, 2.05) is 36.4 Å². The van der Waals surface area contributed by atoms with Gasteiger partial charge in [0.15, 0.2) is 6.29 Å². The number of hydrogen-bond donors (Lipinski definition) is 0. The summed E-state index contributed by atoms with van der Waals surface area (Å²) in [5.74, 6) is 1.31. The molecule has 19 heavy (non-hydrogen) atoms. The van der Waals surface area contributed by atoms with Gasteiger partial charge in [0.05, 0.1) is 12.7 Å². The molecule has 2 aromatic carbocycles. The third kappa shape index (κ3) is 1.99. The Balaban J connectivity index is 2.13. The zero-order chi connectivity index (χ0) is 13.2. The Kier molecular flexibility index (Phi) is 2.80. The number of benzene rings is 2. The first-order valence-electron chi connectivity index (χ1n) is 5.94. The minimum atomic E-state index is 0.514. The third-order valence-electron chi connectivity index (χ3n) is 3.07. The molecule has 0 amide bonds. The van der Waals surface area contributed by atoms with Crippen molar-refractivity contribution in [1.29, 1.82) is 0 Å². The Hall–Kier alpha value is -2.55. The monoisotopic (exact) mass is 252 g/mol. The number of para-hydroxylation sites is 1. The van der Waals surface area contributed by atoms with Gasteiger partial charge in [0.1, 0.15) is 17.1 Å². The Morgan fingerprint density at radius 3 is 2.68 bits per heavy atom. The summed E-state index contributed by atoms with van der Waals surface area (Å²) in [7, 11) is 1.54. The topological polar surface area (TPSA) is 39.4 Å². The predicted molar refractivity (Wildman–Crippen MR) is 73.6 cm³/mol. The summed E-state index contributed by atoms with van der Waals surface area (Å²) < 4.78 is 10.9. The van der Waals surface area contributed by atoms with Crippen LogP contribution in [-0.2, 0) is 0 Å². The number of rotatable bonds is 3. The summed E-state index contributed by atoms with van der Waals surface area (Å²) in [6.07, 6.45) is 0.783. The van der Waals surface area contributed by atoms with Crippen LogP contribution in [0.3, 0.4) is 0 Å². The maximum Gasteiger partial charge on any atom is 0.153 e. The molecule has 3 heteroatoms. The summed E-state index contributed by atoms with van der Waals surface area (Å²) in [6, 6.07) is 15.2. The van der Waals surface area contributed by atoms with Crippen molar-refractivity contribution in [1.82, 2.24) is 0 Å². The Morgan fingerprint density at radius 2 is 1.95 bits per heavy atom. The summed E-state index contributed by atoms with van der Waals surface area (Å²) in [6.45, 7) is 0. The number of carbonyl (C=O) groups excluding carboxylic acids is 1. The molecule has 0 bridgehead atoms. The number of methoxy groups -OCH3 is 1. The number of carbonyl (C=O) groups is 1. The molecule has 3 nitrogen and oxygen atoms in total. The summed E-state index contributed by atoms with van der Waals surface area (Å²) in [4.78, 5) is 11.0. The molecule has 0 unspecified atom stereocenters. The molecule has 0 aliphatic heterocycles. The van der Waals surface area contributed by atoms with Gasteiger partial charge in [-0.25, -0.2) is 0 Å². The van der Waals surface area contributed by atoms with Crippen LogP contribution in [0, 0.1) is 0 Å². The van der Waals surface area contributed by atoms with E-state index in [9.17, 15) is 4.79 Å². The molecule has 0 saturated carbocycles. The van der Waals surface area contributed by atoms with E-state index in [1.165, 1.54) is 0 Å². The van der Waals surface area contributed by atoms with Crippen LogP contribution in [0.5, 0.6) is 5.75 Å². The number of fused-ring (bicyclic) bond motifs is 1. The molecule has 0 atom stereocenters. The van der Waals surface area contributed by atoms with Gasteiger partial charge in [0, 0.05) is 10.9 Å². The van der Waals surface area contributed by atoms with Gasteiger partial charge >= 0.3 is 0 Å². The fraction of sp³-hybridized carbons (Fsp3) is 0.0625. The number of ether oxygens (including phenoxy) is 1. The van der Waals surface area contributed by atoms with E-state index in [4.69, 9.17) is 9.15 Å². The van der Waals surface area contributed by atoms with Crippen LogP contribution < -0.4 is 4.74 Å². The lowest BCUT2D eigenvalue weighted by Crippen LogP contribution is -1.90. The summed E-state index contributed by atoms with van der Waals surface area (Å²) >= 11 is 0. The maximum absolute atomic E-state index is 11.0. The number of aldehydes is 1. The molecule has 3 rings (SSSR count). The second-order valence-corrected chi connectivity index (χ2v) is 4.22. The van der Waals surface area contributed by atoms with Crippen molar-refractivity contribution in [3.63, 3.8) is 0 Å². The zero-order valence-corrected chi connectivity index (χ0v) is 10.4. The highest BCUT2D eigenvalue weighted by atomic mass is 16.5. The maximum atomic E-state index is 11.0. The molecule has 0 aliphatic carbocycles. The molecule has 0 fully saturated rings. The van der Waals surface area contributed by atoms with Gasteiger partial charge < -0.3 is 9.15 Å². The molecule has 1 aromatic heterocycles. The Morgan fingerprint density at radius 1 is 1.11 bits per heavy atom. The van der Waals surface area contributed by atoms with Gasteiger partial charge in [-0.15, -0.1) is 0 Å². The largest absolute Gasteiger partial charge is 0.496 e. The lowest BCUT2D eigenvalue weighted by molar-refractivity contribution is 0.112. The molecule has 0 aliphatic rings. The van der Waals surface area contributed by atoms with Crippen LogP contribution in [0.4, 0.5) is 0 Å². The highest BCUT2D eigenvalue weighted by Gasteiger charge is 2.09. The third-order valence-corrected chi connectivity index (χ3v) is 3.07. The fourth-order valence-electron chi connectivity index (χ4n) is 2.10. The fourth-order valence-corrected chi connectivity index (χ4v) is 2.10. The highest BCUT2D eigenvalue weighted by Crippen LogP contribution is 2.30. The number of hydrogen-bond acceptors (Lipinski definition) is 3. The molecule has 0 saturated heterocycles. The van der Waals surface area contributed by atoms with Gasteiger partial charge in [-0.1, -0.05) is 18.2 Å². The molecule has 0 radical (unpaired) electrons. The van der Waals surface area contributed by atoms with Crippen LogP contribution in [0.25, 0.3) is 22.3 Å². The first-order chi connectivity index (χ1) is 9.31. The zero-order valence-electron chi connectivity index (χ0n) is 10.4. The Labute approximate surface area is 110 Å². The van der Waals surface area contributed by atoms with E-state index in [0.29, 0.717) is 11.3 Å². The van der Waals surface area contributed by atoms with Crippen LogP contribution >= 0.6 is 0 Å². The first kappa shape index (κ1) is 11.5. The highest BCUT2D eigenvalue weighted by molar-refractivity contribution is 5.86. The first-order valence-corrected chi connectivity index (χ1v) is 5.94. The molecular formula is C16H12O3. The lowest BCUT2D eigenvalue weighted by Gasteiger charge is -2.04. The lowest BCUT2D eigenvalue weighted by atomic mass is 10.1. The van der Waals surface area contributed by atoms with E-state index < -0.39 is 0 Å². The summed E-state index contributed by atoms with van der Waals surface area (Å²) in [5, 5.41) is 1.04.